The van der Waals surface area contributed by atoms with Gasteiger partial charge in [0.25, 0.3) is 0 Å². The average Bonchev–Trinajstić information content (AvgIpc) is 2.52. The number of rotatable bonds is 7. The second-order valence-corrected chi connectivity index (χ2v) is 5.77. The van der Waals surface area contributed by atoms with Gasteiger partial charge in [-0.05, 0) is 25.8 Å². The lowest BCUT2D eigenvalue weighted by molar-refractivity contribution is 0.0484. The summed E-state index contributed by atoms with van der Waals surface area (Å²) >= 11 is 0. The van der Waals surface area contributed by atoms with Crippen LogP contribution >= 0.6 is 0 Å². The van der Waals surface area contributed by atoms with Gasteiger partial charge < -0.3 is 19.5 Å². The highest BCUT2D eigenvalue weighted by Crippen LogP contribution is 2.39. The first-order valence-electron chi connectivity index (χ1n) is 7.64. The van der Waals surface area contributed by atoms with Gasteiger partial charge in [-0.2, -0.15) is 0 Å². The van der Waals surface area contributed by atoms with Gasteiger partial charge in [0.15, 0.2) is 0 Å². The Bertz CT molecular complexity index is 442. The molecular formula is C17H27NO3. The topological polar surface area (TPSA) is 39.7 Å². The van der Waals surface area contributed by atoms with Crippen molar-refractivity contribution < 1.29 is 14.2 Å². The number of nitrogens with one attached hydrogen (secondary N) is 1. The molecule has 1 aliphatic rings. The third kappa shape index (κ3) is 3.96. The zero-order chi connectivity index (χ0) is 15.1. The van der Waals surface area contributed by atoms with Crippen molar-refractivity contribution in [3.63, 3.8) is 0 Å². The Morgan fingerprint density at radius 3 is 2.67 bits per heavy atom. The highest BCUT2D eigenvalue weighted by Gasteiger charge is 2.36. The second kappa shape index (κ2) is 7.78. The van der Waals surface area contributed by atoms with Gasteiger partial charge in [0.05, 0.1) is 13.7 Å². The normalized spacial score (nSPS) is 17.7. The molecule has 1 heterocycles. The van der Waals surface area contributed by atoms with E-state index in [-0.39, 0.29) is 5.41 Å². The van der Waals surface area contributed by atoms with Gasteiger partial charge in [-0.1, -0.05) is 17.7 Å². The molecule has 0 aromatic heterocycles. The number of methoxy groups -OCH3 is 2. The molecule has 2 rings (SSSR count). The highest BCUT2D eigenvalue weighted by atomic mass is 16.5. The van der Waals surface area contributed by atoms with Crippen molar-refractivity contribution in [1.82, 2.24) is 5.32 Å². The van der Waals surface area contributed by atoms with Crippen LogP contribution in [0.15, 0.2) is 18.2 Å². The summed E-state index contributed by atoms with van der Waals surface area (Å²) in [5, 5.41) is 3.53. The molecule has 118 valence electrons. The summed E-state index contributed by atoms with van der Waals surface area (Å²) < 4.78 is 16.3. The van der Waals surface area contributed by atoms with E-state index in [0.29, 0.717) is 0 Å². The number of hydrogen-bond acceptors (Lipinski definition) is 4. The average molecular weight is 293 g/mol. The molecule has 1 aromatic rings. The number of aryl methyl sites for hydroxylation is 1. The summed E-state index contributed by atoms with van der Waals surface area (Å²) in [6.07, 6.45) is 2.04. The molecule has 0 bridgehead atoms. The zero-order valence-electron chi connectivity index (χ0n) is 13.4. The molecule has 0 spiro atoms. The van der Waals surface area contributed by atoms with Crippen LogP contribution in [0.4, 0.5) is 0 Å². The van der Waals surface area contributed by atoms with E-state index in [1.54, 1.807) is 14.2 Å². The molecule has 1 aromatic carbocycles. The molecular weight excluding hydrogens is 266 g/mol. The minimum Gasteiger partial charge on any atom is -0.496 e. The van der Waals surface area contributed by atoms with E-state index in [0.717, 1.165) is 51.5 Å². The van der Waals surface area contributed by atoms with Crippen LogP contribution in [0.1, 0.15) is 24.0 Å². The first-order valence-corrected chi connectivity index (χ1v) is 7.64. The number of hydrogen-bond donors (Lipinski definition) is 1. The van der Waals surface area contributed by atoms with Crippen LogP contribution in [0.3, 0.4) is 0 Å². The van der Waals surface area contributed by atoms with Crippen molar-refractivity contribution in [3.8, 4) is 5.75 Å². The SMILES string of the molecule is COCCNCC1(c2cc(C)ccc2OC)CCOCC1. The lowest BCUT2D eigenvalue weighted by Crippen LogP contribution is -2.43. The van der Waals surface area contributed by atoms with Gasteiger partial charge in [0.1, 0.15) is 5.75 Å². The van der Waals surface area contributed by atoms with Crippen LogP contribution in [0.5, 0.6) is 5.75 Å². The molecule has 1 aliphatic heterocycles. The Balaban J connectivity index is 2.24. The molecule has 1 N–H and O–H groups in total. The molecule has 0 unspecified atom stereocenters. The maximum absolute atomic E-state index is 5.61. The standard InChI is InChI=1S/C17H27NO3/c1-14-4-5-16(20-3)15(12-14)17(6-9-21-10-7-17)13-18-8-11-19-2/h4-5,12,18H,6-11,13H2,1-3H3. The summed E-state index contributed by atoms with van der Waals surface area (Å²) in [4.78, 5) is 0. The van der Waals surface area contributed by atoms with E-state index < -0.39 is 0 Å². The third-order valence-corrected chi connectivity index (χ3v) is 4.32. The summed E-state index contributed by atoms with van der Waals surface area (Å²) in [5.74, 6) is 0.982. The number of ether oxygens (including phenoxy) is 3. The Morgan fingerprint density at radius 2 is 2.00 bits per heavy atom. The Morgan fingerprint density at radius 1 is 1.24 bits per heavy atom. The highest BCUT2D eigenvalue weighted by molar-refractivity contribution is 5.43. The Hall–Kier alpha value is -1.10. The van der Waals surface area contributed by atoms with Gasteiger partial charge in [0.2, 0.25) is 0 Å². The molecule has 0 aliphatic carbocycles. The summed E-state index contributed by atoms with van der Waals surface area (Å²) in [5.41, 5.74) is 2.66. The summed E-state index contributed by atoms with van der Waals surface area (Å²) in [6.45, 7) is 6.28. The predicted molar refractivity (Wildman–Crippen MR) is 84.2 cm³/mol. The Labute approximate surface area is 127 Å². The van der Waals surface area contributed by atoms with Crippen LogP contribution < -0.4 is 10.1 Å². The van der Waals surface area contributed by atoms with Crippen LogP contribution in [0.2, 0.25) is 0 Å². The van der Waals surface area contributed by atoms with Crippen molar-refractivity contribution >= 4 is 0 Å². The van der Waals surface area contributed by atoms with Gasteiger partial charge in [-0.25, -0.2) is 0 Å². The maximum atomic E-state index is 5.61. The minimum absolute atomic E-state index is 0.0867. The quantitative estimate of drug-likeness (QED) is 0.783. The van der Waals surface area contributed by atoms with Crippen molar-refractivity contribution in [2.24, 2.45) is 0 Å². The smallest absolute Gasteiger partial charge is 0.122 e. The largest absolute Gasteiger partial charge is 0.496 e. The first-order chi connectivity index (χ1) is 10.2. The first kappa shape index (κ1) is 16.3. The van der Waals surface area contributed by atoms with Crippen LogP contribution in [0, 0.1) is 6.92 Å². The van der Waals surface area contributed by atoms with Gasteiger partial charge in [-0.15, -0.1) is 0 Å². The van der Waals surface area contributed by atoms with E-state index in [1.165, 1.54) is 11.1 Å². The fourth-order valence-electron chi connectivity index (χ4n) is 3.04. The molecule has 0 atom stereocenters. The van der Waals surface area contributed by atoms with Crippen LogP contribution in [0.25, 0.3) is 0 Å². The third-order valence-electron chi connectivity index (χ3n) is 4.32. The molecule has 1 saturated heterocycles. The second-order valence-electron chi connectivity index (χ2n) is 5.77. The Kier molecular flexibility index (Phi) is 6.03. The lowest BCUT2D eigenvalue weighted by atomic mass is 9.73. The molecule has 21 heavy (non-hydrogen) atoms. The van der Waals surface area contributed by atoms with Crippen LogP contribution in [-0.2, 0) is 14.9 Å². The molecule has 0 radical (unpaired) electrons. The fourth-order valence-corrected chi connectivity index (χ4v) is 3.04. The monoisotopic (exact) mass is 293 g/mol. The summed E-state index contributed by atoms with van der Waals surface area (Å²) in [6, 6.07) is 6.45. The summed E-state index contributed by atoms with van der Waals surface area (Å²) in [7, 11) is 3.48. The van der Waals surface area contributed by atoms with E-state index in [9.17, 15) is 0 Å². The van der Waals surface area contributed by atoms with E-state index in [4.69, 9.17) is 14.2 Å². The van der Waals surface area contributed by atoms with Gasteiger partial charge >= 0.3 is 0 Å². The molecule has 0 saturated carbocycles. The molecule has 0 amide bonds. The molecule has 4 heteroatoms. The molecule has 1 fully saturated rings. The maximum Gasteiger partial charge on any atom is 0.122 e. The minimum atomic E-state index is 0.0867. The van der Waals surface area contributed by atoms with Gasteiger partial charge in [-0.3, -0.25) is 0 Å². The number of benzene rings is 1. The van der Waals surface area contributed by atoms with Gasteiger partial charge in [0, 0.05) is 44.4 Å². The van der Waals surface area contributed by atoms with Crippen molar-refractivity contribution in [1.29, 1.82) is 0 Å². The zero-order valence-corrected chi connectivity index (χ0v) is 13.4. The predicted octanol–water partition coefficient (Wildman–Crippen LogP) is 2.29. The van der Waals surface area contributed by atoms with E-state index in [2.05, 4.69) is 30.4 Å². The van der Waals surface area contributed by atoms with Crippen molar-refractivity contribution in [3.05, 3.63) is 29.3 Å². The van der Waals surface area contributed by atoms with Crippen molar-refractivity contribution in [2.75, 3.05) is 47.1 Å². The fraction of sp³-hybridized carbons (Fsp3) is 0.647. The van der Waals surface area contributed by atoms with Crippen LogP contribution in [-0.4, -0.2) is 47.1 Å². The molecule has 4 nitrogen and oxygen atoms in total. The van der Waals surface area contributed by atoms with Crippen molar-refractivity contribution in [2.45, 2.75) is 25.2 Å². The van der Waals surface area contributed by atoms with E-state index in [1.807, 2.05) is 0 Å². The van der Waals surface area contributed by atoms with E-state index >= 15 is 0 Å². The lowest BCUT2D eigenvalue weighted by Gasteiger charge is -2.39.